The van der Waals surface area contributed by atoms with Crippen LogP contribution in [0, 0.1) is 5.41 Å². The van der Waals surface area contributed by atoms with Crippen LogP contribution in [0.15, 0.2) is 0 Å². The Balaban J connectivity index is 3.92. The maximum atomic E-state index is 9.37. The Morgan fingerprint density at radius 1 is 1.36 bits per heavy atom. The molecule has 1 atom stereocenters. The molecule has 1 unspecified atom stereocenters. The molecule has 86 valence electrons. The van der Waals surface area contributed by atoms with E-state index >= 15 is 0 Å². The molecule has 0 aliphatic heterocycles. The summed E-state index contributed by atoms with van der Waals surface area (Å²) in [6.07, 6.45) is 4.20. The zero-order valence-electron chi connectivity index (χ0n) is 9.97. The molecule has 0 rings (SSSR count). The highest BCUT2D eigenvalue weighted by Gasteiger charge is 2.25. The predicted molar refractivity (Wildman–Crippen MR) is 65.9 cm³/mol. The van der Waals surface area contributed by atoms with E-state index in [0.29, 0.717) is 12.6 Å². The summed E-state index contributed by atoms with van der Waals surface area (Å²) < 4.78 is 0. The van der Waals surface area contributed by atoms with Crippen molar-refractivity contribution in [1.82, 2.24) is 5.32 Å². The van der Waals surface area contributed by atoms with E-state index in [0.717, 1.165) is 25.1 Å². The van der Waals surface area contributed by atoms with Crippen LogP contribution in [0.2, 0.25) is 0 Å². The van der Waals surface area contributed by atoms with Crippen molar-refractivity contribution in [3.8, 4) is 0 Å². The Bertz CT molecular complexity index is 129. The molecule has 0 aromatic carbocycles. The SMILES string of the molecule is CCC(CC)(CO)CNC(C)CSC. The van der Waals surface area contributed by atoms with Crippen LogP contribution in [-0.2, 0) is 0 Å². The van der Waals surface area contributed by atoms with Gasteiger partial charge in [0.25, 0.3) is 0 Å². The average molecular weight is 219 g/mol. The molecule has 2 N–H and O–H groups in total. The molecule has 0 aromatic rings. The Hall–Kier alpha value is 0.270. The number of thioether (sulfide) groups is 1. The van der Waals surface area contributed by atoms with E-state index in [1.54, 1.807) is 0 Å². The third-order valence-electron chi connectivity index (χ3n) is 3.08. The Morgan fingerprint density at radius 2 is 1.93 bits per heavy atom. The molecule has 14 heavy (non-hydrogen) atoms. The standard InChI is InChI=1S/C11H25NOS/c1-5-11(6-2,9-13)8-12-10(3)7-14-4/h10,12-13H,5-9H2,1-4H3. The number of hydrogen-bond donors (Lipinski definition) is 2. The van der Waals surface area contributed by atoms with E-state index in [-0.39, 0.29) is 5.41 Å². The molecule has 0 bridgehead atoms. The molecular formula is C11H25NOS. The summed E-state index contributed by atoms with van der Waals surface area (Å²) in [5, 5.41) is 12.9. The summed E-state index contributed by atoms with van der Waals surface area (Å²) in [5.74, 6) is 1.13. The van der Waals surface area contributed by atoms with Crippen molar-refractivity contribution >= 4 is 11.8 Å². The Labute approximate surface area is 92.9 Å². The molecule has 2 nitrogen and oxygen atoms in total. The highest BCUT2D eigenvalue weighted by atomic mass is 32.2. The Morgan fingerprint density at radius 3 is 2.29 bits per heavy atom. The summed E-state index contributed by atoms with van der Waals surface area (Å²) >= 11 is 1.86. The zero-order chi connectivity index (χ0) is 11.0. The molecule has 3 heteroatoms. The lowest BCUT2D eigenvalue weighted by atomic mass is 9.83. The molecule has 0 saturated heterocycles. The van der Waals surface area contributed by atoms with Crippen LogP contribution in [-0.4, -0.2) is 36.3 Å². The first-order valence-electron chi connectivity index (χ1n) is 5.47. The van der Waals surface area contributed by atoms with Crippen molar-refractivity contribution in [2.45, 2.75) is 39.7 Å². The van der Waals surface area contributed by atoms with Crippen LogP contribution >= 0.6 is 11.8 Å². The second-order valence-electron chi connectivity index (χ2n) is 4.10. The van der Waals surface area contributed by atoms with Gasteiger partial charge in [0.2, 0.25) is 0 Å². The van der Waals surface area contributed by atoms with E-state index in [2.05, 4.69) is 32.3 Å². The molecule has 0 spiro atoms. The lowest BCUT2D eigenvalue weighted by Crippen LogP contribution is -2.41. The topological polar surface area (TPSA) is 32.3 Å². The second kappa shape index (κ2) is 7.55. The summed E-state index contributed by atoms with van der Waals surface area (Å²) in [5.41, 5.74) is 0.0899. The van der Waals surface area contributed by atoms with Gasteiger partial charge in [-0.05, 0) is 26.0 Å². The average Bonchev–Trinajstić information content (AvgIpc) is 2.21. The van der Waals surface area contributed by atoms with Gasteiger partial charge in [-0.1, -0.05) is 13.8 Å². The number of rotatable bonds is 8. The minimum absolute atomic E-state index is 0.0899. The van der Waals surface area contributed by atoms with Crippen LogP contribution in [0.5, 0.6) is 0 Å². The smallest absolute Gasteiger partial charge is 0.0499 e. The normalized spacial score (nSPS) is 14.4. The summed E-state index contributed by atoms with van der Waals surface area (Å²) in [6.45, 7) is 7.72. The summed E-state index contributed by atoms with van der Waals surface area (Å²) in [7, 11) is 0. The van der Waals surface area contributed by atoms with Gasteiger partial charge in [-0.15, -0.1) is 0 Å². The number of nitrogens with one attached hydrogen (secondary N) is 1. The minimum Gasteiger partial charge on any atom is -0.396 e. The van der Waals surface area contributed by atoms with Gasteiger partial charge < -0.3 is 10.4 Å². The van der Waals surface area contributed by atoms with Crippen molar-refractivity contribution in [3.63, 3.8) is 0 Å². The van der Waals surface area contributed by atoms with Crippen LogP contribution in [0.25, 0.3) is 0 Å². The molecule has 0 amide bonds. The monoisotopic (exact) mass is 219 g/mol. The lowest BCUT2D eigenvalue weighted by molar-refractivity contribution is 0.111. The largest absolute Gasteiger partial charge is 0.396 e. The fraction of sp³-hybridized carbons (Fsp3) is 1.00. The van der Waals surface area contributed by atoms with Crippen LogP contribution in [0.3, 0.4) is 0 Å². The van der Waals surface area contributed by atoms with Gasteiger partial charge in [-0.25, -0.2) is 0 Å². The maximum Gasteiger partial charge on any atom is 0.0499 e. The molecule has 0 saturated carbocycles. The van der Waals surface area contributed by atoms with E-state index < -0.39 is 0 Å². The second-order valence-corrected chi connectivity index (χ2v) is 5.01. The van der Waals surface area contributed by atoms with Gasteiger partial charge in [-0.3, -0.25) is 0 Å². The number of hydrogen-bond acceptors (Lipinski definition) is 3. The van der Waals surface area contributed by atoms with Crippen molar-refractivity contribution < 1.29 is 5.11 Å². The fourth-order valence-corrected chi connectivity index (χ4v) is 2.10. The quantitative estimate of drug-likeness (QED) is 0.656. The third-order valence-corrected chi connectivity index (χ3v) is 3.91. The first-order chi connectivity index (χ1) is 6.64. The van der Waals surface area contributed by atoms with Crippen molar-refractivity contribution in [2.24, 2.45) is 5.41 Å². The molecule has 0 fully saturated rings. The lowest BCUT2D eigenvalue weighted by Gasteiger charge is -2.31. The minimum atomic E-state index is 0.0899. The Kier molecular flexibility index (Phi) is 7.69. The fourth-order valence-electron chi connectivity index (χ4n) is 1.48. The van der Waals surface area contributed by atoms with Gasteiger partial charge in [0.15, 0.2) is 0 Å². The molecule has 0 heterocycles. The highest BCUT2D eigenvalue weighted by molar-refractivity contribution is 7.98. The van der Waals surface area contributed by atoms with Gasteiger partial charge in [0, 0.05) is 30.4 Å². The third kappa shape index (κ3) is 4.67. The van der Waals surface area contributed by atoms with Gasteiger partial charge in [-0.2, -0.15) is 11.8 Å². The van der Waals surface area contributed by atoms with E-state index in [4.69, 9.17) is 0 Å². The van der Waals surface area contributed by atoms with Gasteiger partial charge in [0.05, 0.1) is 0 Å². The van der Waals surface area contributed by atoms with Crippen molar-refractivity contribution in [3.05, 3.63) is 0 Å². The van der Waals surface area contributed by atoms with Crippen LogP contribution in [0.4, 0.5) is 0 Å². The molecule has 0 aliphatic rings. The number of aliphatic hydroxyl groups excluding tert-OH is 1. The predicted octanol–water partition coefficient (Wildman–Crippen LogP) is 2.13. The molecular weight excluding hydrogens is 194 g/mol. The van der Waals surface area contributed by atoms with Crippen molar-refractivity contribution in [2.75, 3.05) is 25.2 Å². The van der Waals surface area contributed by atoms with Crippen molar-refractivity contribution in [1.29, 1.82) is 0 Å². The number of aliphatic hydroxyl groups is 1. The summed E-state index contributed by atoms with van der Waals surface area (Å²) in [4.78, 5) is 0. The summed E-state index contributed by atoms with van der Waals surface area (Å²) in [6, 6.07) is 0.536. The molecule has 0 radical (unpaired) electrons. The first kappa shape index (κ1) is 14.3. The maximum absolute atomic E-state index is 9.37. The van der Waals surface area contributed by atoms with E-state index in [1.165, 1.54) is 0 Å². The first-order valence-corrected chi connectivity index (χ1v) is 6.86. The molecule has 0 aromatic heterocycles. The highest BCUT2D eigenvalue weighted by Crippen LogP contribution is 2.24. The van der Waals surface area contributed by atoms with E-state index in [9.17, 15) is 5.11 Å². The molecule has 0 aliphatic carbocycles. The van der Waals surface area contributed by atoms with Gasteiger partial charge >= 0.3 is 0 Å². The van der Waals surface area contributed by atoms with Gasteiger partial charge in [0.1, 0.15) is 0 Å². The van der Waals surface area contributed by atoms with Crippen LogP contribution < -0.4 is 5.32 Å². The van der Waals surface area contributed by atoms with E-state index in [1.807, 2.05) is 11.8 Å². The van der Waals surface area contributed by atoms with Crippen LogP contribution in [0.1, 0.15) is 33.6 Å². The zero-order valence-corrected chi connectivity index (χ0v) is 10.8.